The van der Waals surface area contributed by atoms with Gasteiger partial charge in [0.05, 0.1) is 23.5 Å². The van der Waals surface area contributed by atoms with E-state index in [1.165, 1.54) is 24.5 Å². The van der Waals surface area contributed by atoms with E-state index in [2.05, 4.69) is 20.2 Å². The predicted molar refractivity (Wildman–Crippen MR) is 103 cm³/mol. The number of hydrogen-bond acceptors (Lipinski definition) is 7. The number of thioether (sulfide) groups is 1. The highest BCUT2D eigenvalue weighted by molar-refractivity contribution is 7.98. The molecule has 0 radical (unpaired) electrons. The number of H-pyrrole nitrogens is 1. The minimum Gasteiger partial charge on any atom is -0.324 e. The van der Waals surface area contributed by atoms with Crippen LogP contribution in [0.25, 0.3) is 11.3 Å². The third-order valence-corrected chi connectivity index (χ3v) is 5.22. The van der Waals surface area contributed by atoms with Crippen molar-refractivity contribution in [2.24, 2.45) is 0 Å². The van der Waals surface area contributed by atoms with Crippen LogP contribution in [0, 0.1) is 0 Å². The maximum Gasteiger partial charge on any atom is 0.416 e. The van der Waals surface area contributed by atoms with Crippen LogP contribution in [-0.4, -0.2) is 35.6 Å². The molecule has 0 atom stereocenters. The molecule has 0 fully saturated rings. The van der Waals surface area contributed by atoms with Crippen LogP contribution in [0.15, 0.2) is 57.6 Å². The lowest BCUT2D eigenvalue weighted by Gasteiger charge is -2.11. The minimum absolute atomic E-state index is 0.0231. The van der Waals surface area contributed by atoms with Crippen LogP contribution in [-0.2, 0) is 11.9 Å². The van der Waals surface area contributed by atoms with Crippen LogP contribution in [0.3, 0.4) is 0 Å². The van der Waals surface area contributed by atoms with E-state index < -0.39 is 22.9 Å². The van der Waals surface area contributed by atoms with E-state index in [1.54, 1.807) is 0 Å². The molecule has 0 unspecified atom stereocenters. The third-order valence-electron chi connectivity index (χ3n) is 4.22. The quantitative estimate of drug-likeness (QED) is 0.367. The molecular formula is C18H11F3N6O3S. The SMILES string of the molecule is O=Cc1cnn2nc(SCc3ccc(C(F)(F)F)cc3)n(-c3c[nH]c(=O)cn3)c(=O)c12. The molecule has 0 saturated carbocycles. The van der Waals surface area contributed by atoms with E-state index in [9.17, 15) is 27.6 Å². The van der Waals surface area contributed by atoms with Crippen LogP contribution < -0.4 is 11.1 Å². The fraction of sp³-hybridized carbons (Fsp3) is 0.111. The van der Waals surface area contributed by atoms with Crippen LogP contribution >= 0.6 is 11.8 Å². The maximum atomic E-state index is 13.1. The first kappa shape index (κ1) is 20.5. The van der Waals surface area contributed by atoms with Gasteiger partial charge < -0.3 is 4.98 Å². The van der Waals surface area contributed by atoms with Gasteiger partial charge in [-0.3, -0.25) is 14.4 Å². The van der Waals surface area contributed by atoms with Gasteiger partial charge in [-0.2, -0.15) is 18.3 Å². The van der Waals surface area contributed by atoms with Crippen LogP contribution in [0.1, 0.15) is 21.5 Å². The van der Waals surface area contributed by atoms with Gasteiger partial charge in [-0.05, 0) is 17.7 Å². The molecule has 31 heavy (non-hydrogen) atoms. The van der Waals surface area contributed by atoms with Crippen molar-refractivity contribution in [3.05, 3.63) is 80.3 Å². The molecule has 4 aromatic rings. The van der Waals surface area contributed by atoms with E-state index in [0.29, 0.717) is 11.8 Å². The molecular weight excluding hydrogens is 437 g/mol. The van der Waals surface area contributed by atoms with Gasteiger partial charge in [-0.25, -0.2) is 9.55 Å². The van der Waals surface area contributed by atoms with Gasteiger partial charge in [-0.15, -0.1) is 9.73 Å². The highest BCUT2D eigenvalue weighted by atomic mass is 32.2. The van der Waals surface area contributed by atoms with E-state index >= 15 is 0 Å². The Hall–Kier alpha value is -3.74. The summed E-state index contributed by atoms with van der Waals surface area (Å²) < 4.78 is 40.3. The lowest BCUT2D eigenvalue weighted by molar-refractivity contribution is -0.137. The van der Waals surface area contributed by atoms with E-state index in [-0.39, 0.29) is 27.8 Å². The first-order valence-electron chi connectivity index (χ1n) is 8.58. The van der Waals surface area contributed by atoms with Crippen molar-refractivity contribution in [3.8, 4) is 5.82 Å². The fourth-order valence-electron chi connectivity index (χ4n) is 2.73. The second kappa shape index (κ2) is 7.83. The molecule has 158 valence electrons. The number of rotatable bonds is 5. The first-order chi connectivity index (χ1) is 14.8. The monoisotopic (exact) mass is 448 g/mol. The maximum absolute atomic E-state index is 13.1. The molecule has 13 heteroatoms. The van der Waals surface area contributed by atoms with Crippen molar-refractivity contribution in [1.82, 2.24) is 29.4 Å². The summed E-state index contributed by atoms with van der Waals surface area (Å²) >= 11 is 1.05. The molecule has 1 N–H and O–H groups in total. The highest BCUT2D eigenvalue weighted by Gasteiger charge is 2.30. The summed E-state index contributed by atoms with van der Waals surface area (Å²) in [6.45, 7) is 0. The molecule has 0 spiro atoms. The van der Waals surface area contributed by atoms with Crippen molar-refractivity contribution in [3.63, 3.8) is 0 Å². The van der Waals surface area contributed by atoms with E-state index in [1.807, 2.05) is 0 Å². The van der Waals surface area contributed by atoms with Gasteiger partial charge in [0, 0.05) is 11.9 Å². The Morgan fingerprint density at radius 2 is 1.87 bits per heavy atom. The average Bonchev–Trinajstić information content (AvgIpc) is 3.16. The Balaban J connectivity index is 1.76. The Kier molecular flexibility index (Phi) is 5.19. The van der Waals surface area contributed by atoms with Crippen molar-refractivity contribution in [2.75, 3.05) is 0 Å². The number of aromatic amines is 1. The van der Waals surface area contributed by atoms with Crippen molar-refractivity contribution in [2.45, 2.75) is 17.1 Å². The fourth-order valence-corrected chi connectivity index (χ4v) is 3.66. The Bertz CT molecular complexity index is 1370. The summed E-state index contributed by atoms with van der Waals surface area (Å²) in [6, 6.07) is 4.58. The largest absolute Gasteiger partial charge is 0.416 e. The molecule has 3 heterocycles. The van der Waals surface area contributed by atoms with Gasteiger partial charge in [0.1, 0.15) is 0 Å². The van der Waals surface area contributed by atoms with E-state index in [4.69, 9.17) is 0 Å². The number of carbonyl (C=O) groups is 1. The summed E-state index contributed by atoms with van der Waals surface area (Å²) in [5, 5.41) is 8.24. The molecule has 0 bridgehead atoms. The molecule has 0 aliphatic carbocycles. The zero-order valence-electron chi connectivity index (χ0n) is 15.3. The first-order valence-corrected chi connectivity index (χ1v) is 9.57. The number of benzene rings is 1. The number of halogens is 3. The summed E-state index contributed by atoms with van der Waals surface area (Å²) in [6.07, 6.45) is -0.601. The molecule has 0 amide bonds. The number of carbonyl (C=O) groups excluding carboxylic acids is 1. The van der Waals surface area contributed by atoms with Crippen LogP contribution in [0.5, 0.6) is 0 Å². The average molecular weight is 448 g/mol. The zero-order chi connectivity index (χ0) is 22.2. The van der Waals surface area contributed by atoms with Gasteiger partial charge in [0.15, 0.2) is 22.8 Å². The van der Waals surface area contributed by atoms with Crippen LogP contribution in [0.4, 0.5) is 13.2 Å². The van der Waals surface area contributed by atoms with E-state index in [0.717, 1.165) is 39.3 Å². The standard InChI is InChI=1S/C18H11F3N6O3S/c19-18(20,21)12-3-1-10(2-4-12)9-31-17-25-27-15(11(8-28)5-24-27)16(30)26(17)13-6-23-14(29)7-22-13/h1-8H,9H2,(H,23,29). The summed E-state index contributed by atoms with van der Waals surface area (Å²) in [5.41, 5.74) is -1.40. The molecule has 4 rings (SSSR count). The number of aromatic nitrogens is 6. The number of nitrogens with zero attached hydrogens (tertiary/aromatic N) is 5. The van der Waals surface area contributed by atoms with Crippen molar-refractivity contribution in [1.29, 1.82) is 0 Å². The number of nitrogens with one attached hydrogen (secondary N) is 1. The molecule has 9 nitrogen and oxygen atoms in total. The Morgan fingerprint density at radius 3 is 2.48 bits per heavy atom. The van der Waals surface area contributed by atoms with Gasteiger partial charge in [0.2, 0.25) is 0 Å². The highest BCUT2D eigenvalue weighted by Crippen LogP contribution is 2.30. The van der Waals surface area contributed by atoms with Crippen LogP contribution in [0.2, 0.25) is 0 Å². The van der Waals surface area contributed by atoms with Gasteiger partial charge >= 0.3 is 6.18 Å². The topological polar surface area (TPSA) is 115 Å². The molecule has 0 aliphatic rings. The van der Waals surface area contributed by atoms with Gasteiger partial charge in [-0.1, -0.05) is 23.9 Å². The zero-order valence-corrected chi connectivity index (χ0v) is 16.1. The molecule has 3 aromatic heterocycles. The predicted octanol–water partition coefficient (Wildman–Crippen LogP) is 2.09. The minimum atomic E-state index is -4.44. The summed E-state index contributed by atoms with van der Waals surface area (Å²) in [5.74, 6) is 0.230. The number of aldehydes is 1. The number of alkyl halides is 3. The second-order valence-electron chi connectivity index (χ2n) is 6.23. The molecule has 0 aliphatic heterocycles. The summed E-state index contributed by atoms with van der Waals surface area (Å²) in [7, 11) is 0. The van der Waals surface area contributed by atoms with Gasteiger partial charge in [0.25, 0.3) is 11.1 Å². The Labute approximate surface area is 174 Å². The van der Waals surface area contributed by atoms with Crippen molar-refractivity contribution < 1.29 is 18.0 Å². The lowest BCUT2D eigenvalue weighted by atomic mass is 10.1. The third kappa shape index (κ3) is 3.99. The molecule has 0 saturated heterocycles. The summed E-state index contributed by atoms with van der Waals surface area (Å²) in [4.78, 5) is 42.0. The normalized spacial score (nSPS) is 11.7. The number of fused-ring (bicyclic) bond motifs is 1. The molecule has 1 aromatic carbocycles. The van der Waals surface area contributed by atoms with Crippen molar-refractivity contribution >= 4 is 23.6 Å². The number of hydrogen-bond donors (Lipinski definition) is 1. The second-order valence-corrected chi connectivity index (χ2v) is 7.17. The smallest absolute Gasteiger partial charge is 0.324 e. The Morgan fingerprint density at radius 1 is 1.13 bits per heavy atom. The lowest BCUT2D eigenvalue weighted by Crippen LogP contribution is -2.26.